The summed E-state index contributed by atoms with van der Waals surface area (Å²) in [5.41, 5.74) is 18.2. The second-order valence-electron chi connectivity index (χ2n) is 12.9. The summed E-state index contributed by atoms with van der Waals surface area (Å²) < 4.78 is 2.58. The van der Waals surface area contributed by atoms with Gasteiger partial charge in [-0.3, -0.25) is 0 Å². The Morgan fingerprint density at radius 3 is 1.62 bits per heavy atom. The van der Waals surface area contributed by atoms with Crippen molar-refractivity contribution in [3.8, 4) is 50.2 Å². The largest absolute Gasteiger partial charge is 0.314 e. The van der Waals surface area contributed by atoms with Crippen molar-refractivity contribution < 1.29 is 0 Å². The first-order valence-corrected chi connectivity index (χ1v) is 17.5. The maximum Gasteiger partial charge on any atom is 0.249 e. The average molecular weight is 628 g/mol. The third-order valence-electron chi connectivity index (χ3n) is 10.2. The summed E-state index contributed by atoms with van der Waals surface area (Å²) in [5, 5.41) is 1.31. The van der Waals surface area contributed by atoms with Gasteiger partial charge in [0.05, 0.1) is 0 Å². The number of hydrogen-bond donors (Lipinski definition) is 0. The van der Waals surface area contributed by atoms with Crippen molar-refractivity contribution in [1.29, 1.82) is 0 Å². The van der Waals surface area contributed by atoms with E-state index in [-0.39, 0.29) is 6.71 Å². The highest BCUT2D eigenvalue weighted by molar-refractivity contribution is 8.00. The maximum absolute atomic E-state index is 2.58. The van der Waals surface area contributed by atoms with Gasteiger partial charge in [0.15, 0.2) is 0 Å². The van der Waals surface area contributed by atoms with Crippen molar-refractivity contribution in [2.45, 2.75) is 16.7 Å². The minimum absolute atomic E-state index is 0.108. The summed E-state index contributed by atoms with van der Waals surface area (Å²) in [5.74, 6) is 0. The van der Waals surface area contributed by atoms with Gasteiger partial charge in [0.25, 0.3) is 0 Å². The van der Waals surface area contributed by atoms with Gasteiger partial charge in [-0.15, -0.1) is 0 Å². The lowest BCUT2D eigenvalue weighted by Crippen LogP contribution is -2.58. The van der Waals surface area contributed by atoms with Crippen molar-refractivity contribution in [1.82, 2.24) is 4.57 Å². The van der Waals surface area contributed by atoms with Gasteiger partial charge in [-0.25, -0.2) is 0 Å². The Balaban J connectivity index is 1.35. The minimum atomic E-state index is 0.108. The molecule has 0 fully saturated rings. The van der Waals surface area contributed by atoms with Crippen molar-refractivity contribution in [3.63, 3.8) is 0 Å². The predicted octanol–water partition coefficient (Wildman–Crippen LogP) is 9.90. The summed E-state index contributed by atoms with van der Waals surface area (Å²) in [6, 6.07) is 60.4. The maximum atomic E-state index is 2.58. The highest BCUT2D eigenvalue weighted by Crippen LogP contribution is 2.43. The fourth-order valence-corrected chi connectivity index (χ4v) is 9.29. The first-order valence-electron chi connectivity index (χ1n) is 16.6. The molecule has 0 N–H and O–H groups in total. The van der Waals surface area contributed by atoms with E-state index in [0.29, 0.717) is 0 Å². The normalized spacial score (nSPS) is 12.6. The zero-order valence-corrected chi connectivity index (χ0v) is 27.3. The van der Waals surface area contributed by atoms with Crippen LogP contribution in [0.3, 0.4) is 0 Å². The highest BCUT2D eigenvalue weighted by atomic mass is 32.2. The van der Waals surface area contributed by atoms with Crippen LogP contribution in [0.25, 0.3) is 61.1 Å². The van der Waals surface area contributed by atoms with Gasteiger partial charge in [0.2, 0.25) is 6.71 Å². The number of rotatable bonds is 4. The van der Waals surface area contributed by atoms with Crippen molar-refractivity contribution in [2.75, 3.05) is 0 Å². The van der Waals surface area contributed by atoms with E-state index >= 15 is 0 Å². The number of aromatic nitrogens is 1. The molecule has 7 aromatic carbocycles. The number of fused-ring (bicyclic) bond motifs is 4. The number of benzene rings is 7. The van der Waals surface area contributed by atoms with Crippen LogP contribution in [-0.4, -0.2) is 11.3 Å². The zero-order valence-electron chi connectivity index (χ0n) is 26.5. The second-order valence-corrected chi connectivity index (χ2v) is 14.0. The molecule has 0 bridgehead atoms. The molecule has 10 rings (SSSR count). The molecule has 1 aromatic heterocycles. The average Bonchev–Trinajstić information content (AvgIpc) is 3.46. The number of nitrogens with zero attached hydrogens (tertiary/aromatic N) is 1. The van der Waals surface area contributed by atoms with Gasteiger partial charge in [0.1, 0.15) is 0 Å². The Hall–Kier alpha value is -5.51. The topological polar surface area (TPSA) is 4.93 Å². The van der Waals surface area contributed by atoms with Crippen LogP contribution in [0.5, 0.6) is 0 Å². The molecule has 0 saturated carbocycles. The van der Waals surface area contributed by atoms with Crippen LogP contribution >= 0.6 is 11.8 Å². The molecule has 0 spiro atoms. The van der Waals surface area contributed by atoms with Gasteiger partial charge in [-0.05, 0) is 81.1 Å². The third-order valence-corrected chi connectivity index (χ3v) is 11.4. The Morgan fingerprint density at radius 1 is 0.458 bits per heavy atom. The molecule has 8 aromatic rings. The van der Waals surface area contributed by atoms with Crippen LogP contribution in [0, 0.1) is 6.92 Å². The molecule has 3 heteroatoms. The van der Waals surface area contributed by atoms with Crippen molar-refractivity contribution >= 4 is 45.8 Å². The zero-order chi connectivity index (χ0) is 31.8. The van der Waals surface area contributed by atoms with Gasteiger partial charge in [0, 0.05) is 37.6 Å². The molecule has 0 atom stereocenters. The molecule has 3 heterocycles. The first kappa shape index (κ1) is 27.6. The Bertz CT molecular complexity index is 2520. The molecular formula is C45H30BNS. The molecule has 2 aliphatic rings. The van der Waals surface area contributed by atoms with E-state index in [0.717, 1.165) is 0 Å². The van der Waals surface area contributed by atoms with Gasteiger partial charge >= 0.3 is 0 Å². The number of hydrogen-bond acceptors (Lipinski definition) is 1. The minimum Gasteiger partial charge on any atom is -0.314 e. The van der Waals surface area contributed by atoms with E-state index in [4.69, 9.17) is 0 Å². The van der Waals surface area contributed by atoms with Crippen LogP contribution in [0.4, 0.5) is 0 Å². The SMILES string of the molecule is Cc1c(-c2ccccc2)c2cc(-c3ccccc3)cc3c2n1-c1cc(-c2ccccc2)cc2c1B3c1cc(-c3ccccc3)ccc1S2. The Kier molecular flexibility index (Phi) is 6.19. The van der Waals surface area contributed by atoms with Crippen LogP contribution in [0.2, 0.25) is 0 Å². The lowest BCUT2D eigenvalue weighted by atomic mass is 9.35. The molecule has 0 amide bonds. The lowest BCUT2D eigenvalue weighted by Gasteiger charge is -2.34. The first-order chi connectivity index (χ1) is 23.7. The molecule has 0 aliphatic carbocycles. The van der Waals surface area contributed by atoms with Crippen molar-refractivity contribution in [3.05, 3.63) is 169 Å². The lowest BCUT2D eigenvalue weighted by molar-refractivity contribution is 1.05. The van der Waals surface area contributed by atoms with Crippen LogP contribution in [0.1, 0.15) is 5.69 Å². The van der Waals surface area contributed by atoms with Gasteiger partial charge < -0.3 is 4.57 Å². The molecule has 0 radical (unpaired) electrons. The summed E-state index contributed by atoms with van der Waals surface area (Å²) in [6.07, 6.45) is 0. The molecule has 0 unspecified atom stereocenters. The molecule has 0 saturated heterocycles. The van der Waals surface area contributed by atoms with E-state index in [2.05, 4.69) is 175 Å². The van der Waals surface area contributed by atoms with Crippen LogP contribution in [0.15, 0.2) is 174 Å². The highest BCUT2D eigenvalue weighted by Gasteiger charge is 2.40. The van der Waals surface area contributed by atoms with Gasteiger partial charge in [-0.2, -0.15) is 0 Å². The Labute approximate surface area is 285 Å². The van der Waals surface area contributed by atoms with E-state index in [1.165, 1.54) is 93.0 Å². The van der Waals surface area contributed by atoms with E-state index < -0.39 is 0 Å². The van der Waals surface area contributed by atoms with Crippen LogP contribution < -0.4 is 16.4 Å². The van der Waals surface area contributed by atoms with E-state index in [9.17, 15) is 0 Å². The monoisotopic (exact) mass is 627 g/mol. The third kappa shape index (κ3) is 4.14. The van der Waals surface area contributed by atoms with E-state index in [1.54, 1.807) is 0 Å². The van der Waals surface area contributed by atoms with Crippen LogP contribution in [-0.2, 0) is 0 Å². The molecular weight excluding hydrogens is 597 g/mol. The van der Waals surface area contributed by atoms with Crippen molar-refractivity contribution in [2.24, 2.45) is 0 Å². The molecule has 224 valence electrons. The summed E-state index contributed by atoms with van der Waals surface area (Å²) in [7, 11) is 0. The predicted molar refractivity (Wildman–Crippen MR) is 205 cm³/mol. The standard InChI is InChI=1S/C45H30BNS/c1-29-43(33-20-12-5-13-21-33)37-24-35(31-16-8-3-9-17-31)26-39-45(37)47(29)40-27-36(32-18-10-4-11-19-32)28-42-44(40)46(39)38-25-34(22-23-41(38)48-42)30-14-6-2-7-15-30/h2-28H,1H3. The van der Waals surface area contributed by atoms with Gasteiger partial charge in [-0.1, -0.05) is 157 Å². The molecule has 48 heavy (non-hydrogen) atoms. The summed E-state index contributed by atoms with van der Waals surface area (Å²) >= 11 is 1.92. The summed E-state index contributed by atoms with van der Waals surface area (Å²) in [6.45, 7) is 2.42. The Morgan fingerprint density at radius 2 is 1.00 bits per heavy atom. The molecule has 1 nitrogen and oxygen atoms in total. The van der Waals surface area contributed by atoms with E-state index in [1.807, 2.05) is 11.8 Å². The quantitative estimate of drug-likeness (QED) is 0.176. The fourth-order valence-electron chi connectivity index (χ4n) is 8.10. The smallest absolute Gasteiger partial charge is 0.249 e. The summed E-state index contributed by atoms with van der Waals surface area (Å²) in [4.78, 5) is 2.68. The second kappa shape index (κ2) is 10.8. The fraction of sp³-hybridized carbons (Fsp3) is 0.0222. The molecule has 2 aliphatic heterocycles.